The molecule has 5 heterocycles. The molecule has 0 spiro atoms. The van der Waals surface area contributed by atoms with Gasteiger partial charge in [0.15, 0.2) is 0 Å². The molecule has 0 radical (unpaired) electrons. The van der Waals surface area contributed by atoms with Crippen molar-refractivity contribution in [3.8, 4) is 0 Å². The van der Waals surface area contributed by atoms with Crippen LogP contribution in [0.1, 0.15) is 181 Å². The Bertz CT molecular complexity index is 2140. The molecular weight excluding hydrogens is 897 g/mol. The molecule has 1 saturated carbocycles. The Morgan fingerprint density at radius 1 is 0.569 bits per heavy atom. The zero-order chi connectivity index (χ0) is 55.0. The molecule has 0 atom stereocenters. The van der Waals surface area contributed by atoms with Crippen LogP contribution >= 0.6 is 0 Å². The van der Waals surface area contributed by atoms with Gasteiger partial charge in [0.1, 0.15) is 5.60 Å². The number of nitrogens with zero attached hydrogens (tertiary/aromatic N) is 3. The number of aromatic nitrogens is 4. The number of aromatic amines is 3. The number of non-ortho nitro benzene ring substituents is 1. The molecule has 12 heteroatoms. The van der Waals surface area contributed by atoms with Crippen molar-refractivity contribution in [1.82, 2.24) is 24.8 Å². The summed E-state index contributed by atoms with van der Waals surface area (Å²) < 4.78 is 5.26. The number of nitrogens with two attached hydrogens (primary N) is 2. The van der Waals surface area contributed by atoms with E-state index in [9.17, 15) is 14.9 Å². The van der Waals surface area contributed by atoms with E-state index in [-0.39, 0.29) is 17.4 Å². The number of amides is 1. The standard InChI is InChI=1S/C10H19NO2.C8H6N2O2.2C8H8N2.C6H12.C5H5N.3C3H8.3C2H6/c1-10(2,3)13-9(12)11-7-5-4-6-8-11;11-10(12)7-1-2-8-6(5-7)3-4-9-8;2*9-7-1-2-8-6(5-7)3-4-10-8;2*1-2-4-6-5-3-1;3*1-3-2;3*1-2/h4-8H2,1-3H3;1-5,9H;2*1-5,10H,9H2;1-6H2;1-5H;3*3H2,1-2H3;3*1-2H3. The minimum atomic E-state index is -0.396. The first-order valence-electron chi connectivity index (χ1n) is 26.9. The van der Waals surface area contributed by atoms with Gasteiger partial charge in [-0.05, 0) is 113 Å². The third-order valence-electron chi connectivity index (χ3n) is 8.98. The van der Waals surface area contributed by atoms with E-state index in [1.807, 2.05) is 148 Å². The summed E-state index contributed by atoms with van der Waals surface area (Å²) >= 11 is 0. The first kappa shape index (κ1) is 70.0. The maximum atomic E-state index is 11.5. The molecular formula is C60H100N8O4. The number of hydrogen-bond donors (Lipinski definition) is 5. The first-order chi connectivity index (χ1) is 34.7. The maximum Gasteiger partial charge on any atom is 0.410 e. The van der Waals surface area contributed by atoms with Gasteiger partial charge in [-0.25, -0.2) is 4.79 Å². The van der Waals surface area contributed by atoms with Crippen LogP contribution < -0.4 is 11.5 Å². The molecule has 4 aromatic heterocycles. The normalized spacial score (nSPS) is 11.6. The average molecular weight is 998 g/mol. The Hall–Kier alpha value is -6.30. The van der Waals surface area contributed by atoms with E-state index in [4.69, 9.17) is 16.2 Å². The van der Waals surface area contributed by atoms with Crippen LogP contribution in [0.25, 0.3) is 32.7 Å². The van der Waals surface area contributed by atoms with Gasteiger partial charge in [0, 0.05) is 100 Å². The molecule has 0 unspecified atom stereocenters. The van der Waals surface area contributed by atoms with E-state index in [2.05, 4.69) is 61.5 Å². The molecule has 1 aliphatic heterocycles. The third kappa shape index (κ3) is 35.7. The molecule has 7 aromatic rings. The van der Waals surface area contributed by atoms with E-state index in [0.717, 1.165) is 59.2 Å². The zero-order valence-corrected chi connectivity index (χ0v) is 47.6. The lowest BCUT2D eigenvalue weighted by Crippen LogP contribution is -2.39. The van der Waals surface area contributed by atoms with Crippen LogP contribution in [-0.4, -0.2) is 54.5 Å². The van der Waals surface area contributed by atoms with Crippen molar-refractivity contribution in [3.05, 3.63) is 132 Å². The number of carbonyl (C=O) groups is 1. The lowest BCUT2D eigenvalue weighted by atomic mass is 10.0. The van der Waals surface area contributed by atoms with Crippen LogP contribution in [0.15, 0.2) is 122 Å². The maximum absolute atomic E-state index is 11.5. The van der Waals surface area contributed by atoms with Crippen molar-refractivity contribution in [1.29, 1.82) is 0 Å². The van der Waals surface area contributed by atoms with Gasteiger partial charge in [-0.15, -0.1) is 0 Å². The van der Waals surface area contributed by atoms with Gasteiger partial charge in [-0.2, -0.15) is 0 Å². The fourth-order valence-corrected chi connectivity index (χ4v) is 6.07. The van der Waals surface area contributed by atoms with Crippen LogP contribution in [0.3, 0.4) is 0 Å². The molecule has 12 nitrogen and oxygen atoms in total. The quantitative estimate of drug-likeness (QED) is 0.0615. The monoisotopic (exact) mass is 997 g/mol. The summed E-state index contributed by atoms with van der Waals surface area (Å²) in [4.78, 5) is 36.2. The summed E-state index contributed by atoms with van der Waals surface area (Å²) in [6, 6.07) is 27.9. The molecule has 2 aliphatic rings. The Kier molecular flexibility index (Phi) is 45.7. The summed E-state index contributed by atoms with van der Waals surface area (Å²) in [5.41, 5.74) is 15.7. The lowest BCUT2D eigenvalue weighted by Gasteiger charge is -2.29. The van der Waals surface area contributed by atoms with Gasteiger partial charge in [0.25, 0.3) is 5.69 Å². The van der Waals surface area contributed by atoms with Gasteiger partial charge in [0.05, 0.1) is 4.92 Å². The average Bonchev–Trinajstić information content (AvgIpc) is 4.20. The van der Waals surface area contributed by atoms with Gasteiger partial charge < -0.3 is 36.1 Å². The van der Waals surface area contributed by atoms with Crippen molar-refractivity contribution in [2.45, 2.75) is 187 Å². The number of pyridine rings is 1. The molecule has 3 aromatic carbocycles. The minimum absolute atomic E-state index is 0.127. The highest BCUT2D eigenvalue weighted by Gasteiger charge is 2.23. The number of fused-ring (bicyclic) bond motifs is 3. The van der Waals surface area contributed by atoms with E-state index in [1.165, 1.54) is 81.0 Å². The van der Waals surface area contributed by atoms with E-state index in [1.54, 1.807) is 35.6 Å². The molecule has 404 valence electrons. The number of ether oxygens (including phenoxy) is 1. The second-order valence-corrected chi connectivity index (χ2v) is 17.0. The number of benzene rings is 3. The largest absolute Gasteiger partial charge is 0.444 e. The Labute approximate surface area is 436 Å². The van der Waals surface area contributed by atoms with Gasteiger partial charge >= 0.3 is 6.09 Å². The fraction of sp³-hybridized carbons (Fsp3) is 0.500. The topological polar surface area (TPSA) is 185 Å². The Balaban J connectivity index is -0.000000761. The van der Waals surface area contributed by atoms with Crippen LogP contribution in [0.5, 0.6) is 0 Å². The highest BCUT2D eigenvalue weighted by molar-refractivity contribution is 5.83. The van der Waals surface area contributed by atoms with Gasteiger partial charge in [-0.3, -0.25) is 15.1 Å². The number of H-pyrrole nitrogens is 3. The van der Waals surface area contributed by atoms with Crippen LogP contribution in [0.4, 0.5) is 21.9 Å². The zero-order valence-electron chi connectivity index (χ0n) is 47.6. The number of hydrogen-bond acceptors (Lipinski definition) is 7. The van der Waals surface area contributed by atoms with Crippen molar-refractivity contribution in [2.24, 2.45) is 0 Å². The number of nitrogen functional groups attached to an aromatic ring is 2. The molecule has 2 fully saturated rings. The number of nitro benzene ring substituents is 1. The lowest BCUT2D eigenvalue weighted by molar-refractivity contribution is -0.384. The van der Waals surface area contributed by atoms with Crippen molar-refractivity contribution < 1.29 is 14.5 Å². The molecule has 0 bridgehead atoms. The second kappa shape index (κ2) is 47.0. The van der Waals surface area contributed by atoms with E-state index < -0.39 is 4.92 Å². The Morgan fingerprint density at radius 3 is 1.21 bits per heavy atom. The minimum Gasteiger partial charge on any atom is -0.444 e. The number of nitro groups is 1. The summed E-state index contributed by atoms with van der Waals surface area (Å²) in [7, 11) is 0. The second-order valence-electron chi connectivity index (χ2n) is 17.0. The predicted octanol–water partition coefficient (Wildman–Crippen LogP) is 18.7. The number of piperidine rings is 1. The molecule has 7 N–H and O–H groups in total. The molecule has 1 aliphatic carbocycles. The van der Waals surface area contributed by atoms with Crippen LogP contribution in [0.2, 0.25) is 0 Å². The summed E-state index contributed by atoms with van der Waals surface area (Å²) in [6.45, 7) is 32.2. The van der Waals surface area contributed by atoms with Crippen molar-refractivity contribution in [2.75, 3.05) is 24.6 Å². The SMILES string of the molecule is C1CCCCC1.CC.CC.CC.CC(C)(C)OC(=O)N1CCCCC1.CCC.CCC.CCC.Nc1ccc2[nH]ccc2c1.Nc1ccc2[nH]ccc2c1.O=[N+]([O-])c1ccc2[nH]ccc2c1.c1ccncc1. The van der Waals surface area contributed by atoms with Gasteiger partial charge in [0.2, 0.25) is 0 Å². The summed E-state index contributed by atoms with van der Waals surface area (Å²) in [6.07, 6.45) is 25.1. The highest BCUT2D eigenvalue weighted by atomic mass is 16.6. The molecule has 72 heavy (non-hydrogen) atoms. The van der Waals surface area contributed by atoms with Crippen LogP contribution in [-0.2, 0) is 4.74 Å². The molecule has 1 amide bonds. The number of likely N-dealkylation sites (tertiary alicyclic amines) is 1. The molecule has 1 saturated heterocycles. The predicted molar refractivity (Wildman–Crippen MR) is 316 cm³/mol. The summed E-state index contributed by atoms with van der Waals surface area (Å²) in [5, 5.41) is 13.6. The molecule has 9 rings (SSSR count). The van der Waals surface area contributed by atoms with Crippen molar-refractivity contribution in [3.63, 3.8) is 0 Å². The van der Waals surface area contributed by atoms with E-state index >= 15 is 0 Å². The highest BCUT2D eigenvalue weighted by Crippen LogP contribution is 2.20. The van der Waals surface area contributed by atoms with E-state index in [0.29, 0.717) is 0 Å². The number of nitrogens with one attached hydrogen (secondary N) is 3. The fourth-order valence-electron chi connectivity index (χ4n) is 6.07. The Morgan fingerprint density at radius 2 is 0.903 bits per heavy atom. The summed E-state index contributed by atoms with van der Waals surface area (Å²) in [5.74, 6) is 0. The first-order valence-corrected chi connectivity index (χ1v) is 26.9. The van der Waals surface area contributed by atoms with Crippen LogP contribution in [0, 0.1) is 10.1 Å². The number of rotatable bonds is 1. The number of anilines is 2. The smallest absolute Gasteiger partial charge is 0.410 e. The van der Waals surface area contributed by atoms with Crippen molar-refractivity contribution >= 4 is 55.9 Å². The number of carbonyl (C=O) groups excluding carboxylic acids is 1. The van der Waals surface area contributed by atoms with Gasteiger partial charge in [-0.1, -0.05) is 147 Å². The third-order valence-corrected chi connectivity index (χ3v) is 8.98.